The average molecular weight is 228 g/mol. The molecule has 3 heteroatoms. The minimum atomic E-state index is 0.150. The molecule has 0 bridgehead atoms. The van der Waals surface area contributed by atoms with Crippen LogP contribution in [0.3, 0.4) is 0 Å². The Hall–Kier alpha value is -0.570. The van der Waals surface area contributed by atoms with Crippen LogP contribution in [0.2, 0.25) is 0 Å². The Bertz CT molecular complexity index is 171. The summed E-state index contributed by atoms with van der Waals surface area (Å²) in [6.45, 7) is 9.00. The van der Waals surface area contributed by atoms with E-state index < -0.39 is 0 Å². The molecule has 0 rings (SSSR count). The van der Waals surface area contributed by atoms with Crippen LogP contribution < -0.4 is 10.6 Å². The standard InChI is InChI=1S/C13H28N2O/c1-4-7-8-12(5-2)11-14-10-9-13(16)15-6-3/h12,14H,4-11H2,1-3H3,(H,15,16). The smallest absolute Gasteiger partial charge is 0.221 e. The number of nitrogens with one attached hydrogen (secondary N) is 2. The van der Waals surface area contributed by atoms with Crippen LogP contribution in [0.1, 0.15) is 52.9 Å². The fourth-order valence-electron chi connectivity index (χ4n) is 1.74. The number of hydrogen-bond donors (Lipinski definition) is 2. The van der Waals surface area contributed by atoms with Crippen molar-refractivity contribution in [2.75, 3.05) is 19.6 Å². The summed E-state index contributed by atoms with van der Waals surface area (Å²) in [7, 11) is 0. The minimum Gasteiger partial charge on any atom is -0.356 e. The molecular formula is C13H28N2O. The lowest BCUT2D eigenvalue weighted by molar-refractivity contribution is -0.120. The van der Waals surface area contributed by atoms with Crippen molar-refractivity contribution in [2.24, 2.45) is 5.92 Å². The van der Waals surface area contributed by atoms with Gasteiger partial charge in [0.1, 0.15) is 0 Å². The third-order valence-electron chi connectivity index (χ3n) is 2.88. The summed E-state index contributed by atoms with van der Waals surface area (Å²) in [4.78, 5) is 11.2. The second-order valence-electron chi connectivity index (χ2n) is 4.32. The van der Waals surface area contributed by atoms with Crippen LogP contribution in [0.4, 0.5) is 0 Å². The largest absolute Gasteiger partial charge is 0.356 e. The molecule has 1 amide bonds. The Labute approximate surface area is 100 Å². The zero-order valence-corrected chi connectivity index (χ0v) is 11.1. The van der Waals surface area contributed by atoms with E-state index in [4.69, 9.17) is 0 Å². The third kappa shape index (κ3) is 8.72. The Balaban J connectivity index is 3.43. The summed E-state index contributed by atoms with van der Waals surface area (Å²) in [6.07, 6.45) is 5.72. The van der Waals surface area contributed by atoms with Gasteiger partial charge in [0.2, 0.25) is 5.91 Å². The molecule has 1 atom stereocenters. The van der Waals surface area contributed by atoms with Crippen molar-refractivity contribution in [1.82, 2.24) is 10.6 Å². The van der Waals surface area contributed by atoms with Crippen LogP contribution in [0.15, 0.2) is 0 Å². The highest BCUT2D eigenvalue weighted by molar-refractivity contribution is 5.75. The van der Waals surface area contributed by atoms with Gasteiger partial charge in [0, 0.05) is 19.5 Å². The van der Waals surface area contributed by atoms with E-state index in [0.29, 0.717) is 6.42 Å². The molecule has 0 aliphatic heterocycles. The van der Waals surface area contributed by atoms with E-state index in [1.807, 2.05) is 6.92 Å². The van der Waals surface area contributed by atoms with Gasteiger partial charge in [-0.3, -0.25) is 4.79 Å². The number of unbranched alkanes of at least 4 members (excludes halogenated alkanes) is 1. The van der Waals surface area contributed by atoms with E-state index in [2.05, 4.69) is 24.5 Å². The fourth-order valence-corrected chi connectivity index (χ4v) is 1.74. The summed E-state index contributed by atoms with van der Waals surface area (Å²) >= 11 is 0. The van der Waals surface area contributed by atoms with Crippen molar-refractivity contribution in [2.45, 2.75) is 52.9 Å². The van der Waals surface area contributed by atoms with Gasteiger partial charge in [0.25, 0.3) is 0 Å². The van der Waals surface area contributed by atoms with Crippen LogP contribution >= 0.6 is 0 Å². The molecule has 0 spiro atoms. The Kier molecular flexibility index (Phi) is 10.5. The van der Waals surface area contributed by atoms with E-state index in [-0.39, 0.29) is 5.91 Å². The van der Waals surface area contributed by atoms with Gasteiger partial charge in [-0.2, -0.15) is 0 Å². The van der Waals surface area contributed by atoms with Crippen molar-refractivity contribution in [3.8, 4) is 0 Å². The van der Waals surface area contributed by atoms with E-state index in [1.165, 1.54) is 25.7 Å². The monoisotopic (exact) mass is 228 g/mol. The predicted molar refractivity (Wildman–Crippen MR) is 69.5 cm³/mol. The molecule has 3 nitrogen and oxygen atoms in total. The second kappa shape index (κ2) is 10.9. The van der Waals surface area contributed by atoms with Gasteiger partial charge in [-0.05, 0) is 25.8 Å². The van der Waals surface area contributed by atoms with Crippen molar-refractivity contribution in [3.05, 3.63) is 0 Å². The van der Waals surface area contributed by atoms with E-state index in [1.54, 1.807) is 0 Å². The van der Waals surface area contributed by atoms with Crippen molar-refractivity contribution in [3.63, 3.8) is 0 Å². The van der Waals surface area contributed by atoms with E-state index >= 15 is 0 Å². The first kappa shape index (κ1) is 15.4. The van der Waals surface area contributed by atoms with Gasteiger partial charge < -0.3 is 10.6 Å². The molecule has 0 saturated heterocycles. The first-order valence-corrected chi connectivity index (χ1v) is 6.71. The van der Waals surface area contributed by atoms with Gasteiger partial charge in [-0.1, -0.05) is 33.1 Å². The molecule has 0 fully saturated rings. The number of amides is 1. The lowest BCUT2D eigenvalue weighted by Gasteiger charge is -2.15. The fraction of sp³-hybridized carbons (Fsp3) is 0.923. The van der Waals surface area contributed by atoms with E-state index in [9.17, 15) is 4.79 Å². The molecule has 2 N–H and O–H groups in total. The van der Waals surface area contributed by atoms with Crippen LogP contribution in [-0.2, 0) is 4.79 Å². The van der Waals surface area contributed by atoms with Crippen LogP contribution in [0, 0.1) is 5.92 Å². The summed E-state index contributed by atoms with van der Waals surface area (Å²) in [5, 5.41) is 6.18. The van der Waals surface area contributed by atoms with Gasteiger partial charge in [-0.25, -0.2) is 0 Å². The van der Waals surface area contributed by atoms with Gasteiger partial charge in [-0.15, -0.1) is 0 Å². The SMILES string of the molecule is CCCCC(CC)CNCCC(=O)NCC. The summed E-state index contributed by atoms with van der Waals surface area (Å²) in [5.74, 6) is 0.922. The van der Waals surface area contributed by atoms with Gasteiger partial charge in [0.05, 0.1) is 0 Å². The number of hydrogen-bond acceptors (Lipinski definition) is 2. The van der Waals surface area contributed by atoms with Crippen LogP contribution in [0.25, 0.3) is 0 Å². The molecule has 0 aliphatic carbocycles. The lowest BCUT2D eigenvalue weighted by Crippen LogP contribution is -2.29. The van der Waals surface area contributed by atoms with Gasteiger partial charge in [0.15, 0.2) is 0 Å². The molecule has 0 aromatic heterocycles. The van der Waals surface area contributed by atoms with Crippen molar-refractivity contribution < 1.29 is 4.79 Å². The molecule has 0 aromatic rings. The maximum absolute atomic E-state index is 11.2. The molecule has 0 radical (unpaired) electrons. The van der Waals surface area contributed by atoms with Gasteiger partial charge >= 0.3 is 0 Å². The molecular weight excluding hydrogens is 200 g/mol. The van der Waals surface area contributed by atoms with Crippen LogP contribution in [-0.4, -0.2) is 25.5 Å². The molecule has 96 valence electrons. The lowest BCUT2D eigenvalue weighted by atomic mass is 9.99. The number of carbonyl (C=O) groups is 1. The maximum Gasteiger partial charge on any atom is 0.221 e. The zero-order chi connectivity index (χ0) is 12.2. The minimum absolute atomic E-state index is 0.150. The molecule has 16 heavy (non-hydrogen) atoms. The summed E-state index contributed by atoms with van der Waals surface area (Å²) < 4.78 is 0. The Morgan fingerprint density at radius 3 is 2.56 bits per heavy atom. The quantitative estimate of drug-likeness (QED) is 0.563. The molecule has 1 unspecified atom stereocenters. The third-order valence-corrected chi connectivity index (χ3v) is 2.88. The van der Waals surface area contributed by atoms with Crippen molar-refractivity contribution in [1.29, 1.82) is 0 Å². The highest BCUT2D eigenvalue weighted by Gasteiger charge is 2.05. The Morgan fingerprint density at radius 1 is 1.25 bits per heavy atom. The zero-order valence-electron chi connectivity index (χ0n) is 11.1. The highest BCUT2D eigenvalue weighted by Crippen LogP contribution is 2.10. The highest BCUT2D eigenvalue weighted by atomic mass is 16.1. The molecule has 0 heterocycles. The molecule has 0 aromatic carbocycles. The topological polar surface area (TPSA) is 41.1 Å². The Morgan fingerprint density at radius 2 is 2.00 bits per heavy atom. The molecule has 0 saturated carbocycles. The summed E-state index contributed by atoms with van der Waals surface area (Å²) in [6, 6.07) is 0. The predicted octanol–water partition coefficient (Wildman–Crippen LogP) is 2.32. The molecule has 0 aliphatic rings. The second-order valence-corrected chi connectivity index (χ2v) is 4.32. The number of carbonyl (C=O) groups excluding carboxylic acids is 1. The maximum atomic E-state index is 11.2. The van der Waals surface area contributed by atoms with E-state index in [0.717, 1.165) is 25.6 Å². The average Bonchev–Trinajstić information content (AvgIpc) is 2.28. The van der Waals surface area contributed by atoms with Crippen molar-refractivity contribution >= 4 is 5.91 Å². The summed E-state index contributed by atoms with van der Waals surface area (Å²) in [5.41, 5.74) is 0. The first-order valence-electron chi connectivity index (χ1n) is 6.71. The van der Waals surface area contributed by atoms with Crippen LogP contribution in [0.5, 0.6) is 0 Å². The first-order chi connectivity index (χ1) is 7.74. The number of rotatable bonds is 10. The normalized spacial score (nSPS) is 12.4.